The molecule has 0 aliphatic rings. The Morgan fingerprint density at radius 2 is 1.77 bits per heavy atom. The molecule has 0 heterocycles. The summed E-state index contributed by atoms with van der Waals surface area (Å²) in [6.07, 6.45) is 3.64. The highest BCUT2D eigenvalue weighted by atomic mass is 16.5. The monoisotopic (exact) mass is 187 g/mol. The lowest BCUT2D eigenvalue weighted by Gasteiger charge is -2.31. The van der Waals surface area contributed by atoms with Gasteiger partial charge >= 0.3 is 0 Å². The van der Waals surface area contributed by atoms with Gasteiger partial charge in [0.1, 0.15) is 0 Å². The van der Waals surface area contributed by atoms with Crippen LogP contribution in [0.5, 0.6) is 0 Å². The highest BCUT2D eigenvalue weighted by Crippen LogP contribution is 2.29. The van der Waals surface area contributed by atoms with Crippen molar-refractivity contribution in [2.75, 3.05) is 26.8 Å². The molecule has 2 heteroatoms. The predicted molar refractivity (Wildman–Crippen MR) is 58.1 cm³/mol. The maximum absolute atomic E-state index is 5.41. The summed E-state index contributed by atoms with van der Waals surface area (Å²) in [5, 5.41) is 3.28. The normalized spacial score (nSPS) is 12.0. The lowest BCUT2D eigenvalue weighted by Crippen LogP contribution is -2.32. The van der Waals surface area contributed by atoms with Gasteiger partial charge in [-0.25, -0.2) is 0 Å². The van der Waals surface area contributed by atoms with E-state index in [-0.39, 0.29) is 0 Å². The van der Waals surface area contributed by atoms with E-state index in [4.69, 9.17) is 4.74 Å². The first-order chi connectivity index (χ1) is 6.24. The van der Waals surface area contributed by atoms with Gasteiger partial charge in [0.25, 0.3) is 0 Å². The number of rotatable bonds is 8. The van der Waals surface area contributed by atoms with Crippen LogP contribution in [0.15, 0.2) is 0 Å². The summed E-state index contributed by atoms with van der Waals surface area (Å²) in [4.78, 5) is 0. The highest BCUT2D eigenvalue weighted by molar-refractivity contribution is 4.78. The highest BCUT2D eigenvalue weighted by Gasteiger charge is 2.24. The minimum atomic E-state index is 0.448. The second kappa shape index (κ2) is 7.34. The van der Waals surface area contributed by atoms with Crippen LogP contribution in [0, 0.1) is 5.41 Å². The van der Waals surface area contributed by atoms with Gasteiger partial charge in [-0.1, -0.05) is 13.8 Å². The van der Waals surface area contributed by atoms with Gasteiger partial charge in [0.15, 0.2) is 0 Å². The van der Waals surface area contributed by atoms with E-state index in [1.165, 1.54) is 19.3 Å². The first kappa shape index (κ1) is 12.9. The zero-order chi connectivity index (χ0) is 10.2. The fourth-order valence-electron chi connectivity index (χ4n) is 1.75. The van der Waals surface area contributed by atoms with Crippen molar-refractivity contribution in [3.05, 3.63) is 0 Å². The van der Waals surface area contributed by atoms with Crippen LogP contribution in [0.25, 0.3) is 0 Å². The molecule has 80 valence electrons. The van der Waals surface area contributed by atoms with Gasteiger partial charge < -0.3 is 10.1 Å². The molecule has 13 heavy (non-hydrogen) atoms. The second-order valence-electron chi connectivity index (χ2n) is 3.68. The van der Waals surface area contributed by atoms with Crippen LogP contribution >= 0.6 is 0 Å². The average Bonchev–Trinajstić information content (AvgIpc) is 2.17. The Bertz CT molecular complexity index is 111. The molecule has 0 rings (SSSR count). The summed E-state index contributed by atoms with van der Waals surface area (Å²) in [5.74, 6) is 0. The Hall–Kier alpha value is -0.0800. The molecule has 0 bridgehead atoms. The van der Waals surface area contributed by atoms with Gasteiger partial charge in [0.05, 0.1) is 0 Å². The van der Waals surface area contributed by atoms with Gasteiger partial charge in [-0.05, 0) is 38.6 Å². The number of ether oxygens (including phenoxy) is 1. The molecule has 0 amide bonds. The van der Waals surface area contributed by atoms with Crippen molar-refractivity contribution in [2.45, 2.75) is 40.0 Å². The molecule has 0 atom stereocenters. The number of nitrogens with one attached hydrogen (secondary N) is 1. The van der Waals surface area contributed by atoms with E-state index in [1.807, 2.05) is 7.05 Å². The third-order valence-corrected chi connectivity index (χ3v) is 3.03. The molecule has 0 radical (unpaired) electrons. The predicted octanol–water partition coefficient (Wildman–Crippen LogP) is 2.44. The van der Waals surface area contributed by atoms with Crippen LogP contribution in [-0.2, 0) is 4.74 Å². The molecule has 0 saturated heterocycles. The van der Waals surface area contributed by atoms with Crippen molar-refractivity contribution in [2.24, 2.45) is 5.41 Å². The standard InChI is InChI=1S/C11H25NO/c1-5-11(6-2,10-12-4)8-9-13-7-3/h12H,5-10H2,1-4H3. The summed E-state index contributed by atoms with van der Waals surface area (Å²) in [6, 6.07) is 0. The molecule has 1 N–H and O–H groups in total. The zero-order valence-corrected chi connectivity index (χ0v) is 9.65. The van der Waals surface area contributed by atoms with Crippen LogP contribution in [0.2, 0.25) is 0 Å². The fourth-order valence-corrected chi connectivity index (χ4v) is 1.75. The average molecular weight is 187 g/mol. The minimum Gasteiger partial charge on any atom is -0.382 e. The number of hydrogen-bond acceptors (Lipinski definition) is 2. The zero-order valence-electron chi connectivity index (χ0n) is 9.65. The third kappa shape index (κ3) is 4.63. The van der Waals surface area contributed by atoms with E-state index in [9.17, 15) is 0 Å². The maximum Gasteiger partial charge on any atom is 0.0471 e. The largest absolute Gasteiger partial charge is 0.382 e. The van der Waals surface area contributed by atoms with Gasteiger partial charge in [-0.15, -0.1) is 0 Å². The molecule has 0 aliphatic carbocycles. The van der Waals surface area contributed by atoms with Gasteiger partial charge in [-0.2, -0.15) is 0 Å². The van der Waals surface area contributed by atoms with Gasteiger partial charge in [0, 0.05) is 19.8 Å². The summed E-state index contributed by atoms with van der Waals surface area (Å²) in [7, 11) is 2.03. The molecule has 0 aliphatic heterocycles. The van der Waals surface area contributed by atoms with E-state index >= 15 is 0 Å². The fraction of sp³-hybridized carbons (Fsp3) is 1.00. The molecule has 0 saturated carbocycles. The molecule has 0 fully saturated rings. The van der Waals surface area contributed by atoms with Crippen molar-refractivity contribution in [3.63, 3.8) is 0 Å². The Morgan fingerprint density at radius 3 is 2.15 bits per heavy atom. The van der Waals surface area contributed by atoms with Crippen LogP contribution in [-0.4, -0.2) is 26.8 Å². The molecule has 0 unspecified atom stereocenters. The minimum absolute atomic E-state index is 0.448. The topological polar surface area (TPSA) is 21.3 Å². The van der Waals surface area contributed by atoms with E-state index in [0.717, 1.165) is 19.8 Å². The number of hydrogen-bond donors (Lipinski definition) is 1. The molecule has 0 aromatic carbocycles. The molecular weight excluding hydrogens is 162 g/mol. The molecule has 0 aromatic rings. The SMILES string of the molecule is CCOCCC(CC)(CC)CNC. The van der Waals surface area contributed by atoms with E-state index in [1.54, 1.807) is 0 Å². The summed E-state index contributed by atoms with van der Waals surface area (Å²) < 4.78 is 5.41. The van der Waals surface area contributed by atoms with E-state index in [2.05, 4.69) is 26.1 Å². The van der Waals surface area contributed by atoms with Crippen molar-refractivity contribution < 1.29 is 4.74 Å². The van der Waals surface area contributed by atoms with Gasteiger partial charge in [-0.3, -0.25) is 0 Å². The molecule has 0 spiro atoms. The quantitative estimate of drug-likeness (QED) is 0.589. The van der Waals surface area contributed by atoms with Crippen LogP contribution in [0.1, 0.15) is 40.0 Å². The Kier molecular flexibility index (Phi) is 7.29. The van der Waals surface area contributed by atoms with Crippen molar-refractivity contribution >= 4 is 0 Å². The molecular formula is C11H25NO. The van der Waals surface area contributed by atoms with Crippen molar-refractivity contribution in [1.29, 1.82) is 0 Å². The lowest BCUT2D eigenvalue weighted by atomic mass is 9.79. The van der Waals surface area contributed by atoms with Crippen molar-refractivity contribution in [1.82, 2.24) is 5.32 Å². The summed E-state index contributed by atoms with van der Waals surface area (Å²) in [6.45, 7) is 9.44. The van der Waals surface area contributed by atoms with Crippen LogP contribution in [0.4, 0.5) is 0 Å². The Balaban J connectivity index is 3.89. The smallest absolute Gasteiger partial charge is 0.0471 e. The lowest BCUT2D eigenvalue weighted by molar-refractivity contribution is 0.0972. The first-order valence-corrected chi connectivity index (χ1v) is 5.47. The maximum atomic E-state index is 5.41. The third-order valence-electron chi connectivity index (χ3n) is 3.03. The first-order valence-electron chi connectivity index (χ1n) is 5.47. The van der Waals surface area contributed by atoms with E-state index in [0.29, 0.717) is 5.41 Å². The second-order valence-corrected chi connectivity index (χ2v) is 3.68. The van der Waals surface area contributed by atoms with Gasteiger partial charge in [0.2, 0.25) is 0 Å². The Morgan fingerprint density at radius 1 is 1.15 bits per heavy atom. The van der Waals surface area contributed by atoms with E-state index < -0.39 is 0 Å². The summed E-state index contributed by atoms with van der Waals surface area (Å²) >= 11 is 0. The molecule has 2 nitrogen and oxygen atoms in total. The van der Waals surface area contributed by atoms with Crippen LogP contribution in [0.3, 0.4) is 0 Å². The van der Waals surface area contributed by atoms with Crippen molar-refractivity contribution in [3.8, 4) is 0 Å². The van der Waals surface area contributed by atoms with Crippen LogP contribution < -0.4 is 5.32 Å². The molecule has 0 aromatic heterocycles. The summed E-state index contributed by atoms with van der Waals surface area (Å²) in [5.41, 5.74) is 0.448. The Labute approximate surface area is 83.1 Å².